The number of hydrogen-bond acceptors (Lipinski definition) is 7. The van der Waals surface area contributed by atoms with E-state index in [4.69, 9.17) is 9.47 Å². The van der Waals surface area contributed by atoms with Crippen LogP contribution in [-0.2, 0) is 28.9 Å². The summed E-state index contributed by atoms with van der Waals surface area (Å²) in [5.74, 6) is 0. The van der Waals surface area contributed by atoms with E-state index in [1.807, 2.05) is 91.0 Å². The lowest BCUT2D eigenvalue weighted by molar-refractivity contribution is 0.0415. The van der Waals surface area contributed by atoms with E-state index in [0.717, 1.165) is 16.7 Å². The van der Waals surface area contributed by atoms with E-state index in [1.54, 1.807) is 20.8 Å². The van der Waals surface area contributed by atoms with Crippen molar-refractivity contribution in [3.05, 3.63) is 108 Å². The van der Waals surface area contributed by atoms with Gasteiger partial charge in [0, 0.05) is 13.1 Å². The van der Waals surface area contributed by atoms with E-state index in [1.165, 1.54) is 0 Å². The second kappa shape index (κ2) is 17.3. The summed E-state index contributed by atoms with van der Waals surface area (Å²) >= 11 is 0. The largest absolute Gasteiger partial charge is 0.445 e. The minimum atomic E-state index is -0.980. The summed E-state index contributed by atoms with van der Waals surface area (Å²) in [5, 5.41) is 30.8. The fraction of sp³-hybridized carbons (Fsp3) is 0.412. The molecule has 3 rings (SSSR count). The molecule has 4 atom stereocenters. The second-order valence-electron chi connectivity index (χ2n) is 11.6. The van der Waals surface area contributed by atoms with E-state index in [0.29, 0.717) is 19.3 Å². The van der Waals surface area contributed by atoms with E-state index >= 15 is 0 Å². The minimum absolute atomic E-state index is 0.0915. The van der Waals surface area contributed by atoms with Gasteiger partial charge in [-0.1, -0.05) is 91.0 Å². The quantitative estimate of drug-likeness (QED) is 0.178. The molecule has 0 fully saturated rings. The summed E-state index contributed by atoms with van der Waals surface area (Å²) in [7, 11) is 0. The molecule has 5 N–H and O–H groups in total. The summed E-state index contributed by atoms with van der Waals surface area (Å²) in [5.41, 5.74) is 2.21. The number of nitrogens with one attached hydrogen (secondary N) is 3. The number of rotatable bonds is 15. The van der Waals surface area contributed by atoms with Gasteiger partial charge in [-0.3, -0.25) is 0 Å². The Labute approximate surface area is 254 Å². The van der Waals surface area contributed by atoms with Crippen molar-refractivity contribution in [3.8, 4) is 0 Å². The first kappa shape index (κ1) is 33.6. The van der Waals surface area contributed by atoms with Crippen molar-refractivity contribution < 1.29 is 29.3 Å². The Bertz CT molecular complexity index is 1220. The first-order chi connectivity index (χ1) is 20.6. The summed E-state index contributed by atoms with van der Waals surface area (Å²) in [6.07, 6.45) is -1.68. The number of benzene rings is 3. The van der Waals surface area contributed by atoms with E-state index < -0.39 is 42.1 Å². The molecule has 3 aromatic rings. The molecule has 0 radical (unpaired) electrons. The zero-order valence-electron chi connectivity index (χ0n) is 25.2. The molecule has 43 heavy (non-hydrogen) atoms. The molecule has 0 aliphatic carbocycles. The standard InChI is InChI=1S/C34H45N3O6/c1-34(2,3)43-33(41)37-29(21-26-15-9-5-10-16-26)31(39)23-35-22-30(38)28(20-19-25-13-7-4-8-14-25)36-32(40)42-24-27-17-11-6-12-18-27/h4-18,28-31,35,38-39H,19-24H2,1-3H3,(H,36,40)(H,37,41)/t28-,29-,30+,31+/m0/s1. The van der Waals surface area contributed by atoms with Gasteiger partial charge in [0.2, 0.25) is 0 Å². The minimum Gasteiger partial charge on any atom is -0.445 e. The molecule has 9 heteroatoms. The second-order valence-corrected chi connectivity index (χ2v) is 11.6. The smallest absolute Gasteiger partial charge is 0.407 e. The van der Waals surface area contributed by atoms with Gasteiger partial charge in [-0.05, 0) is 56.7 Å². The van der Waals surface area contributed by atoms with Crippen LogP contribution in [0.25, 0.3) is 0 Å². The van der Waals surface area contributed by atoms with Crippen molar-refractivity contribution >= 4 is 12.2 Å². The molecule has 232 valence electrons. The molecule has 0 saturated heterocycles. The monoisotopic (exact) mass is 591 g/mol. The number of aliphatic hydroxyl groups excluding tert-OH is 2. The first-order valence-electron chi connectivity index (χ1n) is 14.7. The predicted molar refractivity (Wildman–Crippen MR) is 167 cm³/mol. The van der Waals surface area contributed by atoms with Gasteiger partial charge in [0.1, 0.15) is 12.2 Å². The third-order valence-electron chi connectivity index (χ3n) is 6.74. The Morgan fingerprint density at radius 2 is 1.19 bits per heavy atom. The average Bonchev–Trinajstić information content (AvgIpc) is 2.98. The molecule has 2 amide bonds. The Balaban J connectivity index is 1.58. The maximum absolute atomic E-state index is 12.6. The molecule has 0 aliphatic heterocycles. The number of aryl methyl sites for hydroxylation is 1. The van der Waals surface area contributed by atoms with Crippen LogP contribution in [0, 0.1) is 0 Å². The van der Waals surface area contributed by atoms with Crippen LogP contribution in [-0.4, -0.2) is 65.4 Å². The maximum atomic E-state index is 12.6. The predicted octanol–water partition coefficient (Wildman–Crippen LogP) is 4.36. The van der Waals surface area contributed by atoms with Crippen molar-refractivity contribution in [1.29, 1.82) is 0 Å². The topological polar surface area (TPSA) is 129 Å². The van der Waals surface area contributed by atoms with Gasteiger partial charge in [-0.15, -0.1) is 0 Å². The van der Waals surface area contributed by atoms with Gasteiger partial charge >= 0.3 is 12.2 Å². The average molecular weight is 592 g/mol. The molecule has 0 aliphatic rings. The number of amides is 2. The molecule has 0 unspecified atom stereocenters. The lowest BCUT2D eigenvalue weighted by Gasteiger charge is -2.28. The van der Waals surface area contributed by atoms with Crippen LogP contribution in [0.2, 0.25) is 0 Å². The van der Waals surface area contributed by atoms with Crippen LogP contribution in [0.4, 0.5) is 9.59 Å². The number of carbonyl (C=O) groups is 2. The molecule has 0 aromatic heterocycles. The summed E-state index contributed by atoms with van der Waals surface area (Å²) < 4.78 is 10.8. The number of carbonyl (C=O) groups excluding carboxylic acids is 2. The van der Waals surface area contributed by atoms with Gasteiger partial charge in [0.25, 0.3) is 0 Å². The number of ether oxygens (including phenoxy) is 2. The third kappa shape index (κ3) is 13.3. The van der Waals surface area contributed by atoms with Gasteiger partial charge < -0.3 is 35.6 Å². The van der Waals surface area contributed by atoms with Crippen LogP contribution >= 0.6 is 0 Å². The maximum Gasteiger partial charge on any atom is 0.407 e. The molecular formula is C34H45N3O6. The molecule has 3 aromatic carbocycles. The summed E-state index contributed by atoms with van der Waals surface area (Å²) in [4.78, 5) is 25.1. The van der Waals surface area contributed by atoms with Gasteiger partial charge in [-0.2, -0.15) is 0 Å². The summed E-state index contributed by atoms with van der Waals surface area (Å²) in [6.45, 7) is 5.63. The van der Waals surface area contributed by atoms with Crippen molar-refractivity contribution in [2.75, 3.05) is 13.1 Å². The zero-order valence-corrected chi connectivity index (χ0v) is 25.2. The Morgan fingerprint density at radius 1 is 0.698 bits per heavy atom. The zero-order chi connectivity index (χ0) is 31.1. The fourth-order valence-electron chi connectivity index (χ4n) is 4.52. The Morgan fingerprint density at radius 3 is 1.74 bits per heavy atom. The lowest BCUT2D eigenvalue weighted by atomic mass is 10.00. The van der Waals surface area contributed by atoms with Crippen LogP contribution in [0.1, 0.15) is 43.9 Å². The first-order valence-corrected chi connectivity index (χ1v) is 14.7. The molecule has 0 bridgehead atoms. The molecule has 0 saturated carbocycles. The summed E-state index contributed by atoms with van der Waals surface area (Å²) in [6, 6.07) is 27.5. The highest BCUT2D eigenvalue weighted by Gasteiger charge is 2.26. The normalized spacial score (nSPS) is 14.2. The van der Waals surface area contributed by atoms with E-state index in [-0.39, 0.29) is 19.7 Å². The van der Waals surface area contributed by atoms with Crippen molar-refractivity contribution in [1.82, 2.24) is 16.0 Å². The molecular weight excluding hydrogens is 546 g/mol. The number of aliphatic hydroxyl groups is 2. The van der Waals surface area contributed by atoms with Gasteiger partial charge in [0.15, 0.2) is 0 Å². The molecule has 9 nitrogen and oxygen atoms in total. The van der Waals surface area contributed by atoms with Crippen LogP contribution in [0.3, 0.4) is 0 Å². The molecule has 0 heterocycles. The van der Waals surface area contributed by atoms with Crippen molar-refractivity contribution in [3.63, 3.8) is 0 Å². The van der Waals surface area contributed by atoms with E-state index in [2.05, 4.69) is 16.0 Å². The SMILES string of the molecule is CC(C)(C)OC(=O)N[C@@H](Cc1ccccc1)[C@H](O)CNC[C@@H](O)[C@H](CCc1ccccc1)NC(=O)OCc1ccccc1. The van der Waals surface area contributed by atoms with Crippen molar-refractivity contribution in [2.24, 2.45) is 0 Å². The van der Waals surface area contributed by atoms with Gasteiger partial charge in [0.05, 0.1) is 24.3 Å². The Kier molecular flexibility index (Phi) is 13.5. The number of alkyl carbamates (subject to hydrolysis) is 2. The highest BCUT2D eigenvalue weighted by molar-refractivity contribution is 5.68. The van der Waals surface area contributed by atoms with E-state index in [9.17, 15) is 19.8 Å². The van der Waals surface area contributed by atoms with Gasteiger partial charge in [-0.25, -0.2) is 9.59 Å². The lowest BCUT2D eigenvalue weighted by Crippen LogP contribution is -2.52. The highest BCUT2D eigenvalue weighted by atomic mass is 16.6. The highest BCUT2D eigenvalue weighted by Crippen LogP contribution is 2.12. The van der Waals surface area contributed by atoms with Crippen LogP contribution in [0.15, 0.2) is 91.0 Å². The third-order valence-corrected chi connectivity index (χ3v) is 6.74. The Hall–Kier alpha value is -3.92. The van der Waals surface area contributed by atoms with Crippen LogP contribution < -0.4 is 16.0 Å². The van der Waals surface area contributed by atoms with Crippen molar-refractivity contribution in [2.45, 2.75) is 76.5 Å². The number of hydrogen-bond donors (Lipinski definition) is 5. The van der Waals surface area contributed by atoms with Crippen LogP contribution in [0.5, 0.6) is 0 Å². The fourth-order valence-corrected chi connectivity index (χ4v) is 4.52. The molecule has 0 spiro atoms.